The molecule has 0 rings (SSSR count). The number of nitrogens with two attached hydrogens (primary N) is 1. The van der Waals surface area contributed by atoms with Gasteiger partial charge in [0.1, 0.15) is 0 Å². The molecule has 0 spiro atoms. The Kier molecular flexibility index (Phi) is 7.51. The average Bonchev–Trinajstić information content (AvgIpc) is 2.01. The Hall–Kier alpha value is -0.0800. The number of rotatable bonds is 7. The van der Waals surface area contributed by atoms with E-state index in [1.165, 1.54) is 25.8 Å². The Labute approximate surface area is 77.1 Å². The van der Waals surface area contributed by atoms with E-state index in [0.717, 1.165) is 13.0 Å². The maximum Gasteiger partial charge on any atom is 0.00226 e. The van der Waals surface area contributed by atoms with Gasteiger partial charge in [0.05, 0.1) is 0 Å². The fraction of sp³-hybridized carbons (Fsp3) is 1.00. The van der Waals surface area contributed by atoms with Gasteiger partial charge in [0.15, 0.2) is 0 Å². The molecule has 1 atom stereocenters. The molecule has 0 aliphatic carbocycles. The summed E-state index contributed by atoms with van der Waals surface area (Å²) < 4.78 is 0. The molecule has 0 fully saturated rings. The van der Waals surface area contributed by atoms with Crippen molar-refractivity contribution in [2.45, 2.75) is 45.6 Å². The van der Waals surface area contributed by atoms with Crippen LogP contribution in [0, 0.1) is 0 Å². The minimum Gasteiger partial charge on any atom is -0.328 e. The predicted octanol–water partition coefficient (Wildman–Crippen LogP) is 1.85. The van der Waals surface area contributed by atoms with E-state index < -0.39 is 0 Å². The first-order valence-electron chi connectivity index (χ1n) is 5.11. The second kappa shape index (κ2) is 7.56. The zero-order chi connectivity index (χ0) is 9.40. The molecule has 1 unspecified atom stereocenters. The van der Waals surface area contributed by atoms with Crippen LogP contribution in [0.15, 0.2) is 0 Å². The molecule has 12 heavy (non-hydrogen) atoms. The van der Waals surface area contributed by atoms with E-state index in [1.807, 2.05) is 0 Å². The SMILES string of the molecule is CCCCCN(C)CCC(C)N. The molecule has 0 saturated carbocycles. The first-order chi connectivity index (χ1) is 5.66. The Balaban J connectivity index is 3.15. The zero-order valence-corrected chi connectivity index (χ0v) is 8.84. The van der Waals surface area contributed by atoms with Gasteiger partial charge in [-0.2, -0.15) is 0 Å². The van der Waals surface area contributed by atoms with Gasteiger partial charge in [0.25, 0.3) is 0 Å². The third-order valence-electron chi connectivity index (χ3n) is 2.11. The lowest BCUT2D eigenvalue weighted by Gasteiger charge is -2.17. The molecule has 0 saturated heterocycles. The van der Waals surface area contributed by atoms with Crippen molar-refractivity contribution in [3.8, 4) is 0 Å². The summed E-state index contributed by atoms with van der Waals surface area (Å²) in [5, 5.41) is 0. The number of nitrogens with zero attached hydrogens (tertiary/aromatic N) is 1. The fourth-order valence-corrected chi connectivity index (χ4v) is 1.17. The van der Waals surface area contributed by atoms with Crippen LogP contribution in [0.2, 0.25) is 0 Å². The molecule has 0 heterocycles. The molecule has 2 N–H and O–H groups in total. The van der Waals surface area contributed by atoms with Gasteiger partial charge in [0.2, 0.25) is 0 Å². The molecule has 0 aromatic carbocycles. The smallest absolute Gasteiger partial charge is 0.00226 e. The highest BCUT2D eigenvalue weighted by Gasteiger charge is 1.99. The average molecular weight is 172 g/mol. The summed E-state index contributed by atoms with van der Waals surface area (Å²) in [5.41, 5.74) is 5.67. The van der Waals surface area contributed by atoms with Gasteiger partial charge in [-0.15, -0.1) is 0 Å². The van der Waals surface area contributed by atoms with E-state index in [-0.39, 0.29) is 0 Å². The molecule has 0 bridgehead atoms. The quantitative estimate of drug-likeness (QED) is 0.594. The summed E-state index contributed by atoms with van der Waals surface area (Å²) in [7, 11) is 2.18. The van der Waals surface area contributed by atoms with Crippen molar-refractivity contribution < 1.29 is 0 Å². The Morgan fingerprint density at radius 2 is 1.92 bits per heavy atom. The predicted molar refractivity (Wildman–Crippen MR) is 55.3 cm³/mol. The maximum atomic E-state index is 5.67. The van der Waals surface area contributed by atoms with E-state index >= 15 is 0 Å². The van der Waals surface area contributed by atoms with Crippen LogP contribution < -0.4 is 5.73 Å². The van der Waals surface area contributed by atoms with Gasteiger partial charge in [-0.05, 0) is 39.9 Å². The summed E-state index contributed by atoms with van der Waals surface area (Å²) in [6.45, 7) is 6.67. The van der Waals surface area contributed by atoms with Crippen LogP contribution in [-0.2, 0) is 0 Å². The maximum absolute atomic E-state index is 5.67. The normalized spacial score (nSPS) is 13.8. The van der Waals surface area contributed by atoms with Crippen LogP contribution in [0.25, 0.3) is 0 Å². The highest BCUT2D eigenvalue weighted by molar-refractivity contribution is 4.58. The first-order valence-corrected chi connectivity index (χ1v) is 5.11. The van der Waals surface area contributed by atoms with Crippen LogP contribution in [0.4, 0.5) is 0 Å². The molecule has 2 nitrogen and oxygen atoms in total. The highest BCUT2D eigenvalue weighted by Crippen LogP contribution is 1.97. The minimum absolute atomic E-state index is 0.346. The number of hydrogen-bond acceptors (Lipinski definition) is 2. The van der Waals surface area contributed by atoms with Crippen molar-refractivity contribution in [1.29, 1.82) is 0 Å². The van der Waals surface area contributed by atoms with E-state index in [2.05, 4.69) is 25.8 Å². The van der Waals surface area contributed by atoms with Gasteiger partial charge in [0, 0.05) is 6.04 Å². The monoisotopic (exact) mass is 172 g/mol. The second-order valence-corrected chi connectivity index (χ2v) is 3.78. The van der Waals surface area contributed by atoms with Gasteiger partial charge < -0.3 is 10.6 Å². The van der Waals surface area contributed by atoms with E-state index in [4.69, 9.17) is 5.73 Å². The molecular weight excluding hydrogens is 148 g/mol. The van der Waals surface area contributed by atoms with Gasteiger partial charge in [-0.25, -0.2) is 0 Å². The summed E-state index contributed by atoms with van der Waals surface area (Å²) in [6.07, 6.45) is 5.10. The molecule has 0 aliphatic rings. The molecule has 0 aromatic rings. The van der Waals surface area contributed by atoms with Crippen LogP contribution >= 0.6 is 0 Å². The van der Waals surface area contributed by atoms with Crippen molar-refractivity contribution >= 4 is 0 Å². The Morgan fingerprint density at radius 1 is 1.25 bits per heavy atom. The molecular formula is C10H24N2. The third kappa shape index (κ3) is 8.02. The van der Waals surface area contributed by atoms with Crippen molar-refractivity contribution in [3.63, 3.8) is 0 Å². The van der Waals surface area contributed by atoms with Gasteiger partial charge in [-0.1, -0.05) is 19.8 Å². The zero-order valence-electron chi connectivity index (χ0n) is 8.84. The summed E-state index contributed by atoms with van der Waals surface area (Å²) >= 11 is 0. The summed E-state index contributed by atoms with van der Waals surface area (Å²) in [4.78, 5) is 2.37. The van der Waals surface area contributed by atoms with E-state index in [9.17, 15) is 0 Å². The molecule has 0 aliphatic heterocycles. The van der Waals surface area contributed by atoms with E-state index in [1.54, 1.807) is 0 Å². The van der Waals surface area contributed by atoms with Crippen LogP contribution in [-0.4, -0.2) is 31.1 Å². The lowest BCUT2D eigenvalue weighted by atomic mass is 10.2. The van der Waals surface area contributed by atoms with Crippen molar-refractivity contribution in [2.75, 3.05) is 20.1 Å². The van der Waals surface area contributed by atoms with Crippen molar-refractivity contribution in [1.82, 2.24) is 4.90 Å². The van der Waals surface area contributed by atoms with E-state index in [0.29, 0.717) is 6.04 Å². The Morgan fingerprint density at radius 3 is 2.42 bits per heavy atom. The van der Waals surface area contributed by atoms with Crippen LogP contribution in [0.3, 0.4) is 0 Å². The van der Waals surface area contributed by atoms with Gasteiger partial charge >= 0.3 is 0 Å². The van der Waals surface area contributed by atoms with Crippen molar-refractivity contribution in [3.05, 3.63) is 0 Å². The van der Waals surface area contributed by atoms with Crippen molar-refractivity contribution in [2.24, 2.45) is 5.73 Å². The molecule has 0 aromatic heterocycles. The lowest BCUT2D eigenvalue weighted by Crippen LogP contribution is -2.26. The van der Waals surface area contributed by atoms with Crippen LogP contribution in [0.5, 0.6) is 0 Å². The number of hydrogen-bond donors (Lipinski definition) is 1. The summed E-state index contributed by atoms with van der Waals surface area (Å²) in [6, 6.07) is 0.346. The van der Waals surface area contributed by atoms with Crippen LogP contribution in [0.1, 0.15) is 39.5 Å². The summed E-state index contributed by atoms with van der Waals surface area (Å²) in [5.74, 6) is 0. The lowest BCUT2D eigenvalue weighted by molar-refractivity contribution is 0.313. The second-order valence-electron chi connectivity index (χ2n) is 3.78. The molecule has 0 amide bonds. The minimum atomic E-state index is 0.346. The fourth-order valence-electron chi connectivity index (χ4n) is 1.17. The molecule has 0 radical (unpaired) electrons. The van der Waals surface area contributed by atoms with Gasteiger partial charge in [-0.3, -0.25) is 0 Å². The standard InChI is InChI=1S/C10H24N2/c1-4-5-6-8-12(3)9-7-10(2)11/h10H,4-9,11H2,1-3H3. The largest absolute Gasteiger partial charge is 0.328 e. The topological polar surface area (TPSA) is 29.3 Å². The highest BCUT2D eigenvalue weighted by atomic mass is 15.1. The Bertz CT molecular complexity index is 91.8. The third-order valence-corrected chi connectivity index (χ3v) is 2.11. The molecule has 74 valence electrons. The number of unbranched alkanes of at least 4 members (excludes halogenated alkanes) is 2. The molecule has 2 heteroatoms. The first kappa shape index (κ1) is 11.9.